The predicted octanol–water partition coefficient (Wildman–Crippen LogP) is 2.09. The van der Waals surface area contributed by atoms with Crippen molar-refractivity contribution < 1.29 is 5.11 Å². The lowest BCUT2D eigenvalue weighted by Crippen LogP contribution is -2.34. The number of hydrogen-bond donors (Lipinski definition) is 3. The van der Waals surface area contributed by atoms with Crippen LogP contribution in [0.25, 0.3) is 0 Å². The molecule has 0 aromatic carbocycles. The van der Waals surface area contributed by atoms with Gasteiger partial charge >= 0.3 is 0 Å². The average Bonchev–Trinajstić information content (AvgIpc) is 2.39. The normalized spacial score (nSPS) is 24.4. The lowest BCUT2D eigenvalue weighted by molar-refractivity contribution is 0.178. The second-order valence-electron chi connectivity index (χ2n) is 4.64. The molecular weight excluding hydrogens is 214 g/mol. The molecule has 94 valence electrons. The zero-order valence-corrected chi connectivity index (χ0v) is 10.3. The number of aliphatic hydroxyl groups is 1. The highest BCUT2D eigenvalue weighted by Crippen LogP contribution is 2.26. The first kappa shape index (κ1) is 12.2. The summed E-state index contributed by atoms with van der Waals surface area (Å²) in [5, 5.41) is 15.8. The monoisotopic (exact) mass is 235 g/mol. The molecule has 2 rings (SSSR count). The Hall–Kier alpha value is -1.29. The Balaban J connectivity index is 2.02. The average molecular weight is 235 g/mol. The minimum absolute atomic E-state index is 0.267. The molecule has 4 nitrogen and oxygen atoms in total. The van der Waals surface area contributed by atoms with E-state index in [9.17, 15) is 5.11 Å². The molecule has 2 unspecified atom stereocenters. The molecule has 1 aliphatic carbocycles. The molecular formula is C13H21N3O. The standard InChI is InChI=1S/C13H21N3O/c1-14-12-7-4-8-13(16-12)15-11-6-3-2-5-10(11)9-17/h4,7-8,10-11,17H,2-3,5-6,9H2,1H3,(H2,14,15,16). The van der Waals surface area contributed by atoms with Crippen LogP contribution in [0.15, 0.2) is 18.2 Å². The summed E-state index contributed by atoms with van der Waals surface area (Å²) in [7, 11) is 1.86. The van der Waals surface area contributed by atoms with E-state index < -0.39 is 0 Å². The van der Waals surface area contributed by atoms with Gasteiger partial charge in [-0.25, -0.2) is 4.98 Å². The largest absolute Gasteiger partial charge is 0.396 e. The molecule has 4 heteroatoms. The van der Waals surface area contributed by atoms with Gasteiger partial charge in [-0.3, -0.25) is 0 Å². The number of rotatable bonds is 4. The van der Waals surface area contributed by atoms with Crippen LogP contribution in [-0.2, 0) is 0 Å². The fraction of sp³-hybridized carbons (Fsp3) is 0.615. The first-order valence-electron chi connectivity index (χ1n) is 6.35. The number of nitrogens with one attached hydrogen (secondary N) is 2. The van der Waals surface area contributed by atoms with Gasteiger partial charge in [0.15, 0.2) is 0 Å². The van der Waals surface area contributed by atoms with Crippen LogP contribution in [0.2, 0.25) is 0 Å². The second kappa shape index (κ2) is 5.87. The first-order chi connectivity index (χ1) is 8.33. The number of anilines is 2. The van der Waals surface area contributed by atoms with Crippen LogP contribution in [0.3, 0.4) is 0 Å². The Morgan fingerprint density at radius 2 is 2.06 bits per heavy atom. The Kier molecular flexibility index (Phi) is 4.20. The summed E-state index contributed by atoms with van der Waals surface area (Å²) in [6.45, 7) is 0.267. The van der Waals surface area contributed by atoms with Crippen LogP contribution in [-0.4, -0.2) is 29.8 Å². The Labute approximate surface area is 102 Å². The van der Waals surface area contributed by atoms with Crippen molar-refractivity contribution in [3.63, 3.8) is 0 Å². The second-order valence-corrected chi connectivity index (χ2v) is 4.64. The third-order valence-electron chi connectivity index (χ3n) is 3.48. The highest BCUT2D eigenvalue weighted by molar-refractivity contribution is 5.45. The number of hydrogen-bond acceptors (Lipinski definition) is 4. The van der Waals surface area contributed by atoms with E-state index in [0.717, 1.165) is 24.5 Å². The third kappa shape index (κ3) is 3.09. The molecule has 0 bridgehead atoms. The van der Waals surface area contributed by atoms with Gasteiger partial charge in [0.1, 0.15) is 11.6 Å². The van der Waals surface area contributed by atoms with Crippen molar-refractivity contribution in [2.45, 2.75) is 31.7 Å². The number of aromatic nitrogens is 1. The van der Waals surface area contributed by atoms with E-state index in [1.165, 1.54) is 12.8 Å². The van der Waals surface area contributed by atoms with Gasteiger partial charge in [0.2, 0.25) is 0 Å². The first-order valence-corrected chi connectivity index (χ1v) is 6.35. The van der Waals surface area contributed by atoms with E-state index in [4.69, 9.17) is 0 Å². The number of aliphatic hydroxyl groups excluding tert-OH is 1. The summed E-state index contributed by atoms with van der Waals surface area (Å²) in [6, 6.07) is 6.26. The summed E-state index contributed by atoms with van der Waals surface area (Å²) in [4.78, 5) is 4.45. The number of nitrogens with zero attached hydrogens (tertiary/aromatic N) is 1. The van der Waals surface area contributed by atoms with Gasteiger partial charge in [0.05, 0.1) is 0 Å². The van der Waals surface area contributed by atoms with Gasteiger partial charge in [-0.15, -0.1) is 0 Å². The fourth-order valence-corrected chi connectivity index (χ4v) is 2.46. The topological polar surface area (TPSA) is 57.2 Å². The smallest absolute Gasteiger partial charge is 0.128 e. The lowest BCUT2D eigenvalue weighted by Gasteiger charge is -2.31. The molecule has 1 fully saturated rings. The zero-order chi connectivity index (χ0) is 12.1. The minimum atomic E-state index is 0.267. The van der Waals surface area contributed by atoms with Crippen LogP contribution in [0.5, 0.6) is 0 Å². The number of pyridine rings is 1. The molecule has 0 amide bonds. The molecule has 2 atom stereocenters. The van der Waals surface area contributed by atoms with Gasteiger partial charge in [0.25, 0.3) is 0 Å². The molecule has 1 heterocycles. The molecule has 1 aromatic rings. The fourth-order valence-electron chi connectivity index (χ4n) is 2.46. The van der Waals surface area contributed by atoms with E-state index in [0.29, 0.717) is 12.0 Å². The van der Waals surface area contributed by atoms with E-state index >= 15 is 0 Å². The molecule has 1 saturated carbocycles. The van der Waals surface area contributed by atoms with E-state index in [1.54, 1.807) is 0 Å². The summed E-state index contributed by atoms with van der Waals surface area (Å²) in [5.41, 5.74) is 0. The highest BCUT2D eigenvalue weighted by atomic mass is 16.3. The molecule has 3 N–H and O–H groups in total. The maximum Gasteiger partial charge on any atom is 0.128 e. The van der Waals surface area contributed by atoms with Gasteiger partial charge in [-0.1, -0.05) is 18.9 Å². The Bertz CT molecular complexity index is 356. The quantitative estimate of drug-likeness (QED) is 0.748. The Morgan fingerprint density at radius 3 is 2.82 bits per heavy atom. The van der Waals surface area contributed by atoms with Crippen LogP contribution in [0, 0.1) is 5.92 Å². The molecule has 0 aliphatic heterocycles. The molecule has 1 aromatic heterocycles. The molecule has 0 radical (unpaired) electrons. The predicted molar refractivity (Wildman–Crippen MR) is 70.2 cm³/mol. The lowest BCUT2D eigenvalue weighted by atomic mass is 9.85. The molecule has 0 spiro atoms. The molecule has 0 saturated heterocycles. The van der Waals surface area contributed by atoms with Gasteiger partial charge in [-0.05, 0) is 25.0 Å². The van der Waals surface area contributed by atoms with Crippen molar-refractivity contribution in [3.8, 4) is 0 Å². The van der Waals surface area contributed by atoms with Crippen molar-refractivity contribution in [2.75, 3.05) is 24.3 Å². The molecule has 17 heavy (non-hydrogen) atoms. The van der Waals surface area contributed by atoms with Gasteiger partial charge in [0, 0.05) is 25.6 Å². The third-order valence-corrected chi connectivity index (χ3v) is 3.48. The van der Waals surface area contributed by atoms with Crippen LogP contribution >= 0.6 is 0 Å². The van der Waals surface area contributed by atoms with E-state index in [2.05, 4.69) is 15.6 Å². The maximum absolute atomic E-state index is 9.37. The van der Waals surface area contributed by atoms with Crippen molar-refractivity contribution in [3.05, 3.63) is 18.2 Å². The van der Waals surface area contributed by atoms with Crippen LogP contribution in [0.4, 0.5) is 11.6 Å². The summed E-state index contributed by atoms with van der Waals surface area (Å²) >= 11 is 0. The Morgan fingerprint density at radius 1 is 1.29 bits per heavy atom. The van der Waals surface area contributed by atoms with Gasteiger partial charge < -0.3 is 15.7 Å². The van der Waals surface area contributed by atoms with Crippen LogP contribution in [0.1, 0.15) is 25.7 Å². The van der Waals surface area contributed by atoms with E-state index in [-0.39, 0.29) is 6.61 Å². The SMILES string of the molecule is CNc1cccc(NC2CCCCC2CO)n1. The minimum Gasteiger partial charge on any atom is -0.396 e. The van der Waals surface area contributed by atoms with Gasteiger partial charge in [-0.2, -0.15) is 0 Å². The van der Waals surface area contributed by atoms with Crippen molar-refractivity contribution in [1.29, 1.82) is 0 Å². The summed E-state index contributed by atoms with van der Waals surface area (Å²) < 4.78 is 0. The molecule has 1 aliphatic rings. The zero-order valence-electron chi connectivity index (χ0n) is 10.3. The van der Waals surface area contributed by atoms with Crippen molar-refractivity contribution >= 4 is 11.6 Å². The summed E-state index contributed by atoms with van der Waals surface area (Å²) in [5.74, 6) is 2.12. The van der Waals surface area contributed by atoms with Crippen molar-refractivity contribution in [2.24, 2.45) is 5.92 Å². The van der Waals surface area contributed by atoms with E-state index in [1.807, 2.05) is 25.2 Å². The van der Waals surface area contributed by atoms with Crippen molar-refractivity contribution in [1.82, 2.24) is 4.98 Å². The maximum atomic E-state index is 9.37. The van der Waals surface area contributed by atoms with Crippen LogP contribution < -0.4 is 10.6 Å². The summed E-state index contributed by atoms with van der Waals surface area (Å²) in [6.07, 6.45) is 4.70. The highest BCUT2D eigenvalue weighted by Gasteiger charge is 2.24.